The molecule has 1 saturated heterocycles. The number of fused-ring (bicyclic) bond motifs is 1. The van der Waals surface area contributed by atoms with Crippen LogP contribution in [0.2, 0.25) is 0 Å². The zero-order valence-corrected chi connectivity index (χ0v) is 19.4. The summed E-state index contributed by atoms with van der Waals surface area (Å²) >= 11 is 0. The summed E-state index contributed by atoms with van der Waals surface area (Å²) in [6, 6.07) is 7.41. The van der Waals surface area contributed by atoms with E-state index in [9.17, 15) is 22.8 Å². The molecule has 1 aliphatic heterocycles. The van der Waals surface area contributed by atoms with Crippen LogP contribution in [0.1, 0.15) is 0 Å². The second-order valence-electron chi connectivity index (χ2n) is 7.57. The molecule has 192 valence electrons. The molecule has 0 unspecified atom stereocenters. The summed E-state index contributed by atoms with van der Waals surface area (Å²) in [5.41, 5.74) is 0.319. The molecule has 0 atom stereocenters. The van der Waals surface area contributed by atoms with Crippen LogP contribution < -0.4 is 26.2 Å². The van der Waals surface area contributed by atoms with E-state index in [1.807, 2.05) is 24.3 Å². The van der Waals surface area contributed by atoms with Crippen molar-refractivity contribution in [1.82, 2.24) is 24.0 Å². The first-order valence-electron chi connectivity index (χ1n) is 10.6. The smallest absolute Gasteiger partial charge is 0.490 e. The number of terminal acetylenes is 1. The number of methoxy groups -OCH3 is 1. The van der Waals surface area contributed by atoms with Crippen LogP contribution in [-0.4, -0.2) is 69.2 Å². The van der Waals surface area contributed by atoms with Crippen molar-refractivity contribution in [3.8, 4) is 23.8 Å². The van der Waals surface area contributed by atoms with Gasteiger partial charge in [0.2, 0.25) is 5.95 Å². The van der Waals surface area contributed by atoms with Gasteiger partial charge in [-0.2, -0.15) is 18.2 Å². The molecule has 0 bridgehead atoms. The Labute approximate surface area is 202 Å². The first kappa shape index (κ1) is 26.4. The fourth-order valence-corrected chi connectivity index (χ4v) is 3.66. The molecule has 1 fully saturated rings. The molecule has 1 aliphatic rings. The Kier molecular flexibility index (Phi) is 7.74. The number of hydrogen-bond acceptors (Lipinski definition) is 7. The third kappa shape index (κ3) is 5.05. The molecule has 2 aromatic heterocycles. The number of alkyl halides is 3. The molecule has 11 nitrogen and oxygen atoms in total. The zero-order chi connectivity index (χ0) is 26.6. The maximum Gasteiger partial charge on any atom is 0.490 e. The lowest BCUT2D eigenvalue weighted by Crippen LogP contribution is -2.44. The van der Waals surface area contributed by atoms with Gasteiger partial charge in [0, 0.05) is 33.2 Å². The van der Waals surface area contributed by atoms with E-state index in [2.05, 4.69) is 16.1 Å². The standard InChI is InChI=1S/C20H22N6O3.C2HF3O2/c1-4-11-25-18(27)16-17(23(2)20(25)28)22-19(24-12-9-21-10-13-24)26(16)14-7-5-6-8-15(14)29-3;3-2(4,5)1(6)7/h1,5-8,21H,9-13H2,2-3H3;(H,6,7). The average molecular weight is 508 g/mol. The summed E-state index contributed by atoms with van der Waals surface area (Å²) < 4.78 is 41.5. The van der Waals surface area contributed by atoms with Crippen molar-refractivity contribution in [3.63, 3.8) is 0 Å². The van der Waals surface area contributed by atoms with Gasteiger partial charge in [-0.15, -0.1) is 6.42 Å². The summed E-state index contributed by atoms with van der Waals surface area (Å²) in [6.07, 6.45) is 0.311. The second-order valence-corrected chi connectivity index (χ2v) is 7.57. The molecule has 3 heterocycles. The molecular formula is C22H23F3N6O5. The van der Waals surface area contributed by atoms with Gasteiger partial charge in [-0.1, -0.05) is 18.1 Å². The molecule has 0 aliphatic carbocycles. The molecular weight excluding hydrogens is 485 g/mol. The molecule has 0 saturated carbocycles. The summed E-state index contributed by atoms with van der Waals surface area (Å²) in [5.74, 6) is 0.820. The van der Waals surface area contributed by atoms with Gasteiger partial charge in [0.15, 0.2) is 11.2 Å². The third-order valence-electron chi connectivity index (χ3n) is 5.34. The first-order chi connectivity index (χ1) is 17.0. The van der Waals surface area contributed by atoms with Crippen molar-refractivity contribution in [2.24, 2.45) is 7.05 Å². The average Bonchev–Trinajstić information content (AvgIpc) is 3.26. The van der Waals surface area contributed by atoms with Gasteiger partial charge in [0.05, 0.1) is 19.3 Å². The van der Waals surface area contributed by atoms with E-state index in [4.69, 9.17) is 26.0 Å². The van der Waals surface area contributed by atoms with Crippen LogP contribution in [0.4, 0.5) is 19.1 Å². The van der Waals surface area contributed by atoms with E-state index in [-0.39, 0.29) is 6.54 Å². The Morgan fingerprint density at radius 1 is 1.25 bits per heavy atom. The van der Waals surface area contributed by atoms with Crippen molar-refractivity contribution >= 4 is 23.1 Å². The van der Waals surface area contributed by atoms with Crippen molar-refractivity contribution in [1.29, 1.82) is 0 Å². The highest BCUT2D eigenvalue weighted by Gasteiger charge is 2.38. The summed E-state index contributed by atoms with van der Waals surface area (Å²) in [6.45, 7) is 2.95. The molecule has 1 aromatic carbocycles. The highest BCUT2D eigenvalue weighted by Crippen LogP contribution is 2.30. The number of nitrogens with one attached hydrogen (secondary N) is 1. The Balaban J connectivity index is 0.000000454. The Morgan fingerprint density at radius 2 is 1.86 bits per heavy atom. The molecule has 0 spiro atoms. The summed E-state index contributed by atoms with van der Waals surface area (Å²) in [4.78, 5) is 41.7. The fourth-order valence-electron chi connectivity index (χ4n) is 3.66. The van der Waals surface area contributed by atoms with Gasteiger partial charge < -0.3 is 20.1 Å². The van der Waals surface area contributed by atoms with Crippen molar-refractivity contribution in [2.75, 3.05) is 38.2 Å². The van der Waals surface area contributed by atoms with Crippen molar-refractivity contribution in [2.45, 2.75) is 12.7 Å². The van der Waals surface area contributed by atoms with Gasteiger partial charge in [0.1, 0.15) is 5.75 Å². The van der Waals surface area contributed by atoms with Gasteiger partial charge in [-0.3, -0.25) is 13.9 Å². The van der Waals surface area contributed by atoms with Crippen LogP contribution in [0.5, 0.6) is 5.75 Å². The number of aromatic nitrogens is 4. The zero-order valence-electron chi connectivity index (χ0n) is 19.4. The van der Waals surface area contributed by atoms with Crippen LogP contribution >= 0.6 is 0 Å². The number of imidazole rings is 1. The lowest BCUT2D eigenvalue weighted by atomic mass is 10.2. The molecule has 3 aromatic rings. The normalized spacial score (nSPS) is 13.6. The number of carboxylic acids is 1. The number of aryl methyl sites for hydroxylation is 1. The largest absolute Gasteiger partial charge is 0.495 e. The number of aliphatic carboxylic acids is 1. The fraction of sp³-hybridized carbons (Fsp3) is 0.364. The second kappa shape index (κ2) is 10.6. The van der Waals surface area contributed by atoms with Gasteiger partial charge in [-0.25, -0.2) is 14.2 Å². The highest BCUT2D eigenvalue weighted by molar-refractivity contribution is 5.79. The Bertz CT molecular complexity index is 1430. The maximum absolute atomic E-state index is 13.3. The number of hydrogen-bond donors (Lipinski definition) is 2. The molecule has 0 radical (unpaired) electrons. The minimum Gasteiger partial charge on any atom is -0.495 e. The Hall–Kier alpha value is -4.25. The molecule has 4 rings (SSSR count). The van der Waals surface area contributed by atoms with E-state index in [0.29, 0.717) is 28.5 Å². The number of halogens is 3. The lowest BCUT2D eigenvalue weighted by molar-refractivity contribution is -0.192. The van der Waals surface area contributed by atoms with E-state index in [0.717, 1.165) is 30.7 Å². The van der Waals surface area contributed by atoms with Crippen LogP contribution in [0.25, 0.3) is 16.9 Å². The number of nitrogens with zero attached hydrogens (tertiary/aromatic N) is 5. The topological polar surface area (TPSA) is 124 Å². The highest BCUT2D eigenvalue weighted by atomic mass is 19.4. The monoisotopic (exact) mass is 508 g/mol. The molecule has 2 N–H and O–H groups in total. The third-order valence-corrected chi connectivity index (χ3v) is 5.34. The van der Waals surface area contributed by atoms with E-state index < -0.39 is 23.4 Å². The predicted octanol–water partition coefficient (Wildman–Crippen LogP) is 0.571. The van der Waals surface area contributed by atoms with Crippen LogP contribution in [0, 0.1) is 12.3 Å². The number of piperazine rings is 1. The minimum absolute atomic E-state index is 0.110. The van der Waals surface area contributed by atoms with Crippen LogP contribution in [-0.2, 0) is 18.4 Å². The van der Waals surface area contributed by atoms with Gasteiger partial charge >= 0.3 is 17.8 Å². The summed E-state index contributed by atoms with van der Waals surface area (Å²) in [5, 5.41) is 10.4. The number of benzene rings is 1. The number of carbonyl (C=O) groups is 1. The van der Waals surface area contributed by atoms with Crippen LogP contribution in [0.15, 0.2) is 33.9 Å². The van der Waals surface area contributed by atoms with Crippen molar-refractivity contribution in [3.05, 3.63) is 45.1 Å². The van der Waals surface area contributed by atoms with Crippen molar-refractivity contribution < 1.29 is 27.8 Å². The van der Waals surface area contributed by atoms with E-state index >= 15 is 0 Å². The number of carboxylic acid groups (broad SMARTS) is 1. The minimum atomic E-state index is -5.08. The van der Waals surface area contributed by atoms with Crippen LogP contribution in [0.3, 0.4) is 0 Å². The molecule has 14 heteroatoms. The first-order valence-corrected chi connectivity index (χ1v) is 10.6. The van der Waals surface area contributed by atoms with Gasteiger partial charge in [0.25, 0.3) is 5.56 Å². The van der Waals surface area contributed by atoms with E-state index in [1.54, 1.807) is 18.7 Å². The van der Waals surface area contributed by atoms with Gasteiger partial charge in [-0.05, 0) is 12.1 Å². The molecule has 0 amide bonds. The quantitative estimate of drug-likeness (QED) is 0.491. The van der Waals surface area contributed by atoms with E-state index in [1.165, 1.54) is 4.57 Å². The SMILES string of the molecule is C#CCn1c(=O)c2c(nc(N3CCNCC3)n2-c2ccccc2OC)n(C)c1=O.O=C(O)C(F)(F)F. The predicted molar refractivity (Wildman–Crippen MR) is 125 cm³/mol. The number of anilines is 1. The summed E-state index contributed by atoms with van der Waals surface area (Å²) in [7, 11) is 3.17. The maximum atomic E-state index is 13.3. The Morgan fingerprint density at radius 3 is 2.42 bits per heavy atom. The lowest BCUT2D eigenvalue weighted by Gasteiger charge is -2.29. The number of rotatable bonds is 4. The number of para-hydroxylation sites is 2. The molecule has 36 heavy (non-hydrogen) atoms. The number of ether oxygens (including phenoxy) is 1.